The van der Waals surface area contributed by atoms with E-state index >= 15 is 0 Å². The molecule has 9 heteroatoms. The summed E-state index contributed by atoms with van der Waals surface area (Å²) in [5.41, 5.74) is 5.23. The third-order valence-corrected chi connectivity index (χ3v) is 4.98. The minimum absolute atomic E-state index is 0. The Labute approximate surface area is 175 Å². The summed E-state index contributed by atoms with van der Waals surface area (Å²) in [7, 11) is 0. The average Bonchev–Trinajstić information content (AvgIpc) is 2.52. The molecule has 0 bridgehead atoms. The van der Waals surface area contributed by atoms with Gasteiger partial charge in [-0.25, -0.2) is 0 Å². The predicted molar refractivity (Wildman–Crippen MR) is 112 cm³/mol. The molecule has 0 aromatic carbocycles. The highest BCUT2D eigenvalue weighted by atomic mass is 35.5. The lowest BCUT2D eigenvalue weighted by molar-refractivity contribution is -0.130. The summed E-state index contributed by atoms with van der Waals surface area (Å²) in [5, 5.41) is 6.03. The molecular formula is C18H36Cl2N4O3. The molecule has 0 aromatic heterocycles. The van der Waals surface area contributed by atoms with Crippen molar-refractivity contribution in [2.75, 3.05) is 39.4 Å². The number of nitrogens with two attached hydrogens (primary N) is 1. The molecule has 2 saturated heterocycles. The van der Waals surface area contributed by atoms with Crippen LogP contribution in [0.4, 0.5) is 0 Å². The van der Waals surface area contributed by atoms with E-state index in [0.29, 0.717) is 45.1 Å². The van der Waals surface area contributed by atoms with Crippen molar-refractivity contribution in [2.24, 2.45) is 11.7 Å². The second kappa shape index (κ2) is 11.4. The van der Waals surface area contributed by atoms with E-state index in [9.17, 15) is 9.59 Å². The smallest absolute Gasteiger partial charge is 0.240 e. The van der Waals surface area contributed by atoms with Crippen molar-refractivity contribution in [3.8, 4) is 0 Å². The quantitative estimate of drug-likeness (QED) is 0.610. The fourth-order valence-corrected chi connectivity index (χ4v) is 3.39. The first-order valence-electron chi connectivity index (χ1n) is 9.36. The largest absolute Gasteiger partial charge is 0.381 e. The minimum Gasteiger partial charge on any atom is -0.381 e. The van der Waals surface area contributed by atoms with Gasteiger partial charge in [0, 0.05) is 25.3 Å². The number of piperidine rings is 1. The Hall–Kier alpha value is -0.600. The normalized spacial score (nSPS) is 20.7. The van der Waals surface area contributed by atoms with Gasteiger partial charge in [-0.3, -0.25) is 14.5 Å². The molecule has 0 spiro atoms. The van der Waals surface area contributed by atoms with E-state index in [4.69, 9.17) is 10.5 Å². The van der Waals surface area contributed by atoms with Gasteiger partial charge in [-0.2, -0.15) is 0 Å². The van der Waals surface area contributed by atoms with Crippen molar-refractivity contribution < 1.29 is 14.3 Å². The third-order valence-electron chi connectivity index (χ3n) is 4.98. The third kappa shape index (κ3) is 8.96. The molecule has 0 aliphatic carbocycles. The summed E-state index contributed by atoms with van der Waals surface area (Å²) in [6, 6.07) is 0. The van der Waals surface area contributed by atoms with Gasteiger partial charge in [-0.1, -0.05) is 0 Å². The van der Waals surface area contributed by atoms with Gasteiger partial charge in [-0.15, -0.1) is 24.8 Å². The Morgan fingerprint density at radius 3 is 2.22 bits per heavy atom. The Bertz CT molecular complexity index is 472. The number of carbonyl (C=O) groups excluding carboxylic acids is 2. The first-order chi connectivity index (χ1) is 11.7. The molecule has 2 rings (SSSR count). The lowest BCUT2D eigenvalue weighted by Crippen LogP contribution is -2.57. The van der Waals surface area contributed by atoms with Crippen LogP contribution in [0.1, 0.15) is 46.5 Å². The fraction of sp³-hybridized carbons (Fsp3) is 0.889. The van der Waals surface area contributed by atoms with Crippen LogP contribution in [0.25, 0.3) is 0 Å². The molecule has 0 aromatic rings. The Morgan fingerprint density at radius 1 is 1.15 bits per heavy atom. The fourth-order valence-electron chi connectivity index (χ4n) is 3.39. The number of amides is 2. The van der Waals surface area contributed by atoms with Gasteiger partial charge in [0.15, 0.2) is 0 Å². The van der Waals surface area contributed by atoms with Crippen LogP contribution < -0.4 is 16.4 Å². The standard InChI is InChI=1S/C18H34N4O3.2ClH/c1-17(2,3)21-15(23)13-22-8-4-14(5-9-22)12-20-16(24)18(19)6-10-25-11-7-18;;/h14H,4-13,19H2,1-3H3,(H,20,24)(H,21,23);2*1H. The van der Waals surface area contributed by atoms with Crippen LogP contribution in [0, 0.1) is 5.92 Å². The summed E-state index contributed by atoms with van der Waals surface area (Å²) >= 11 is 0. The Morgan fingerprint density at radius 2 is 1.70 bits per heavy atom. The number of ether oxygens (including phenoxy) is 1. The van der Waals surface area contributed by atoms with Crippen molar-refractivity contribution in [2.45, 2.75) is 57.5 Å². The lowest BCUT2D eigenvalue weighted by Gasteiger charge is -2.34. The van der Waals surface area contributed by atoms with Gasteiger partial charge in [0.05, 0.1) is 12.1 Å². The van der Waals surface area contributed by atoms with E-state index < -0.39 is 5.54 Å². The van der Waals surface area contributed by atoms with E-state index in [1.165, 1.54) is 0 Å². The van der Waals surface area contributed by atoms with Crippen LogP contribution in [0.5, 0.6) is 0 Å². The molecule has 4 N–H and O–H groups in total. The first-order valence-corrected chi connectivity index (χ1v) is 9.36. The molecule has 2 fully saturated rings. The number of nitrogens with one attached hydrogen (secondary N) is 2. The summed E-state index contributed by atoms with van der Waals surface area (Å²) in [4.78, 5) is 26.5. The molecule has 2 aliphatic rings. The molecule has 160 valence electrons. The summed E-state index contributed by atoms with van der Waals surface area (Å²) < 4.78 is 5.28. The second-order valence-electron chi connectivity index (χ2n) is 8.50. The number of rotatable bonds is 5. The maximum atomic E-state index is 12.4. The molecule has 27 heavy (non-hydrogen) atoms. The maximum Gasteiger partial charge on any atom is 0.240 e. The van der Waals surface area contributed by atoms with Crippen molar-refractivity contribution in [1.29, 1.82) is 0 Å². The molecule has 2 aliphatic heterocycles. The number of carbonyl (C=O) groups is 2. The zero-order valence-corrected chi connectivity index (χ0v) is 18.3. The van der Waals surface area contributed by atoms with E-state index in [1.807, 2.05) is 20.8 Å². The number of hydrogen-bond acceptors (Lipinski definition) is 5. The van der Waals surface area contributed by atoms with Crippen molar-refractivity contribution >= 4 is 36.6 Å². The molecule has 0 saturated carbocycles. The summed E-state index contributed by atoms with van der Waals surface area (Å²) in [6.45, 7) is 9.97. The predicted octanol–water partition coefficient (Wildman–Crippen LogP) is 1.08. The molecule has 0 unspecified atom stereocenters. The number of likely N-dealkylation sites (tertiary alicyclic amines) is 1. The van der Waals surface area contributed by atoms with Crippen LogP contribution in [0.3, 0.4) is 0 Å². The number of hydrogen-bond donors (Lipinski definition) is 3. The summed E-state index contributed by atoms with van der Waals surface area (Å²) in [5.74, 6) is 0.473. The highest BCUT2D eigenvalue weighted by Crippen LogP contribution is 2.19. The number of nitrogens with zero attached hydrogens (tertiary/aromatic N) is 1. The van der Waals surface area contributed by atoms with Crippen molar-refractivity contribution in [3.05, 3.63) is 0 Å². The molecule has 7 nitrogen and oxygen atoms in total. The zero-order valence-electron chi connectivity index (χ0n) is 16.7. The lowest BCUT2D eigenvalue weighted by atomic mass is 9.89. The molecule has 0 atom stereocenters. The topological polar surface area (TPSA) is 96.7 Å². The van der Waals surface area contributed by atoms with E-state index in [-0.39, 0.29) is 42.2 Å². The van der Waals surface area contributed by atoms with Crippen LogP contribution >= 0.6 is 24.8 Å². The first kappa shape index (κ1) is 26.4. The van der Waals surface area contributed by atoms with Gasteiger partial charge >= 0.3 is 0 Å². The van der Waals surface area contributed by atoms with Crippen molar-refractivity contribution in [3.63, 3.8) is 0 Å². The van der Waals surface area contributed by atoms with Crippen LogP contribution in [0.2, 0.25) is 0 Å². The summed E-state index contributed by atoms with van der Waals surface area (Å²) in [6.07, 6.45) is 3.15. The van der Waals surface area contributed by atoms with Gasteiger partial charge in [0.2, 0.25) is 11.8 Å². The van der Waals surface area contributed by atoms with Gasteiger partial charge in [0.1, 0.15) is 0 Å². The van der Waals surface area contributed by atoms with Gasteiger partial charge in [-0.05, 0) is 65.5 Å². The molecule has 2 heterocycles. The highest BCUT2D eigenvalue weighted by molar-refractivity contribution is 5.86. The van der Waals surface area contributed by atoms with Crippen LogP contribution in [-0.4, -0.2) is 67.2 Å². The molecule has 0 radical (unpaired) electrons. The molecule has 2 amide bonds. The Balaban J connectivity index is 0.00000338. The number of halogens is 2. The Kier molecular flexibility index (Phi) is 11.2. The molecular weight excluding hydrogens is 391 g/mol. The van der Waals surface area contributed by atoms with E-state index in [2.05, 4.69) is 15.5 Å². The highest BCUT2D eigenvalue weighted by Gasteiger charge is 2.36. The van der Waals surface area contributed by atoms with Crippen molar-refractivity contribution in [1.82, 2.24) is 15.5 Å². The average molecular weight is 427 g/mol. The second-order valence-corrected chi connectivity index (χ2v) is 8.50. The monoisotopic (exact) mass is 426 g/mol. The maximum absolute atomic E-state index is 12.4. The van der Waals surface area contributed by atoms with Gasteiger partial charge in [0.25, 0.3) is 0 Å². The minimum atomic E-state index is -0.774. The van der Waals surface area contributed by atoms with Crippen LogP contribution in [-0.2, 0) is 14.3 Å². The SMILES string of the molecule is CC(C)(C)NC(=O)CN1CCC(CNC(=O)C2(N)CCOCC2)CC1.Cl.Cl. The van der Waals surface area contributed by atoms with E-state index in [0.717, 1.165) is 25.9 Å². The van der Waals surface area contributed by atoms with Crippen LogP contribution in [0.15, 0.2) is 0 Å². The van der Waals surface area contributed by atoms with Gasteiger partial charge < -0.3 is 21.1 Å². The van der Waals surface area contributed by atoms with E-state index in [1.54, 1.807) is 0 Å². The zero-order chi connectivity index (χ0) is 18.5.